The van der Waals surface area contributed by atoms with Crippen LogP contribution in [0.25, 0.3) is 22.2 Å². The predicted molar refractivity (Wildman–Crippen MR) is 144 cm³/mol. The number of aromatic carboxylic acids is 1. The fraction of sp³-hybridized carbons (Fsp3) is 0.500. The van der Waals surface area contributed by atoms with E-state index in [9.17, 15) is 9.90 Å². The molecule has 2 aliphatic heterocycles. The maximum Gasteiger partial charge on any atom is 0.335 e. The molecule has 1 aromatic heterocycles. The Hall–Kier alpha value is -2.99. The first-order valence-electron chi connectivity index (χ1n) is 13.8. The summed E-state index contributed by atoms with van der Waals surface area (Å²) in [6.45, 7) is 5.64. The Morgan fingerprint density at radius 1 is 1.00 bits per heavy atom. The molecule has 0 radical (unpaired) electrons. The number of carboxylic acids is 1. The van der Waals surface area contributed by atoms with Crippen molar-refractivity contribution < 1.29 is 14.6 Å². The van der Waals surface area contributed by atoms with Crippen LogP contribution >= 0.6 is 0 Å². The van der Waals surface area contributed by atoms with Crippen LogP contribution in [-0.2, 0) is 6.54 Å². The Bertz CT molecular complexity index is 1250. The molecule has 1 saturated carbocycles. The second kappa shape index (κ2) is 10.2. The van der Waals surface area contributed by atoms with Crippen molar-refractivity contribution in [2.24, 2.45) is 0 Å². The normalized spacial score (nSPS) is 18.8. The minimum atomic E-state index is -0.878. The quantitative estimate of drug-likeness (QED) is 0.424. The van der Waals surface area contributed by atoms with Crippen LogP contribution in [0.3, 0.4) is 0 Å². The standard InChI is InChI=1S/C30H37N3O3/c34-30(35)22-12-13-23-26(20-22)33-18-19-36-29-24(28(33)27(23)21-8-3-1-4-9-21)10-7-11-25(29)31-14-17-32-15-5-2-6-16-32/h7,10-13,20-21,31H,1-6,8-9,14-19H2,(H,34,35). The zero-order chi connectivity index (χ0) is 24.5. The van der Waals surface area contributed by atoms with Crippen LogP contribution in [0.1, 0.15) is 73.2 Å². The van der Waals surface area contributed by atoms with Gasteiger partial charge in [-0.05, 0) is 74.5 Å². The maximum absolute atomic E-state index is 11.8. The molecule has 36 heavy (non-hydrogen) atoms. The van der Waals surface area contributed by atoms with Gasteiger partial charge in [-0.25, -0.2) is 4.79 Å². The minimum absolute atomic E-state index is 0.344. The summed E-state index contributed by atoms with van der Waals surface area (Å²) in [5, 5.41) is 14.6. The second-order valence-corrected chi connectivity index (χ2v) is 10.6. The summed E-state index contributed by atoms with van der Waals surface area (Å²) in [6.07, 6.45) is 10.2. The molecule has 2 fully saturated rings. The molecule has 0 amide bonds. The molecule has 0 spiro atoms. The molecule has 6 rings (SSSR count). The summed E-state index contributed by atoms with van der Waals surface area (Å²) >= 11 is 0. The van der Waals surface area contributed by atoms with Gasteiger partial charge in [0.25, 0.3) is 0 Å². The number of likely N-dealkylation sites (tertiary alicyclic amines) is 1. The lowest BCUT2D eigenvalue weighted by Crippen LogP contribution is -2.33. The number of benzene rings is 2. The SMILES string of the molecule is O=C(O)c1ccc2c(C3CCCCC3)c3n(c2c1)CCOc1c(NCCN2CCCCC2)cccc1-3. The summed E-state index contributed by atoms with van der Waals surface area (Å²) in [7, 11) is 0. The van der Waals surface area contributed by atoms with Crippen LogP contribution in [-0.4, -0.2) is 53.3 Å². The molecule has 0 bridgehead atoms. The van der Waals surface area contributed by atoms with Gasteiger partial charge >= 0.3 is 5.97 Å². The third kappa shape index (κ3) is 4.36. The number of piperidine rings is 1. The lowest BCUT2D eigenvalue weighted by Gasteiger charge is -2.27. The van der Waals surface area contributed by atoms with Gasteiger partial charge in [-0.3, -0.25) is 0 Å². The molecule has 3 heterocycles. The van der Waals surface area contributed by atoms with Gasteiger partial charge in [0.15, 0.2) is 5.75 Å². The number of anilines is 1. The lowest BCUT2D eigenvalue weighted by atomic mass is 9.81. The van der Waals surface area contributed by atoms with Gasteiger partial charge in [0.1, 0.15) is 6.61 Å². The molecule has 190 valence electrons. The first-order valence-corrected chi connectivity index (χ1v) is 13.8. The van der Waals surface area contributed by atoms with Crippen molar-refractivity contribution in [2.45, 2.75) is 63.8 Å². The zero-order valence-corrected chi connectivity index (χ0v) is 21.1. The molecule has 0 unspecified atom stereocenters. The number of hydrogen-bond acceptors (Lipinski definition) is 4. The summed E-state index contributed by atoms with van der Waals surface area (Å²) < 4.78 is 8.75. The topological polar surface area (TPSA) is 66.7 Å². The highest BCUT2D eigenvalue weighted by atomic mass is 16.5. The summed E-state index contributed by atoms with van der Waals surface area (Å²) in [5.74, 6) is 0.556. The zero-order valence-electron chi connectivity index (χ0n) is 21.1. The van der Waals surface area contributed by atoms with Crippen LogP contribution in [0, 0.1) is 0 Å². The Kier molecular flexibility index (Phi) is 6.61. The van der Waals surface area contributed by atoms with Crippen molar-refractivity contribution in [2.75, 3.05) is 38.1 Å². The molecule has 6 nitrogen and oxygen atoms in total. The summed E-state index contributed by atoms with van der Waals surface area (Å²) in [5.41, 5.74) is 6.17. The van der Waals surface area contributed by atoms with Crippen LogP contribution < -0.4 is 10.1 Å². The van der Waals surface area contributed by atoms with Gasteiger partial charge in [-0.1, -0.05) is 37.8 Å². The van der Waals surface area contributed by atoms with Gasteiger partial charge in [-0.15, -0.1) is 0 Å². The van der Waals surface area contributed by atoms with E-state index in [4.69, 9.17) is 4.74 Å². The largest absolute Gasteiger partial charge is 0.489 e. The average molecular weight is 488 g/mol. The monoisotopic (exact) mass is 487 g/mol. The number of fused-ring (bicyclic) bond motifs is 5. The number of nitrogens with zero attached hydrogens (tertiary/aromatic N) is 2. The molecule has 1 saturated heterocycles. The number of ether oxygens (including phenoxy) is 1. The van der Waals surface area contributed by atoms with Gasteiger partial charge < -0.3 is 24.6 Å². The summed E-state index contributed by atoms with van der Waals surface area (Å²) in [4.78, 5) is 14.4. The highest BCUT2D eigenvalue weighted by molar-refractivity contribution is 5.99. The van der Waals surface area contributed by atoms with Gasteiger partial charge in [0.2, 0.25) is 0 Å². The molecule has 6 heteroatoms. The first kappa shape index (κ1) is 23.4. The minimum Gasteiger partial charge on any atom is -0.489 e. The second-order valence-electron chi connectivity index (χ2n) is 10.6. The molecular weight excluding hydrogens is 450 g/mol. The smallest absolute Gasteiger partial charge is 0.335 e. The molecule has 0 atom stereocenters. The lowest BCUT2D eigenvalue weighted by molar-refractivity contribution is 0.0697. The Morgan fingerprint density at radius 3 is 2.61 bits per heavy atom. The van der Waals surface area contributed by atoms with Crippen molar-refractivity contribution in [3.05, 3.63) is 47.5 Å². The van der Waals surface area contributed by atoms with Gasteiger partial charge in [-0.2, -0.15) is 0 Å². The van der Waals surface area contributed by atoms with Crippen LogP contribution in [0.4, 0.5) is 5.69 Å². The highest BCUT2D eigenvalue weighted by Crippen LogP contribution is 2.48. The van der Waals surface area contributed by atoms with Crippen LogP contribution in [0.5, 0.6) is 5.75 Å². The van der Waals surface area contributed by atoms with E-state index < -0.39 is 5.97 Å². The number of carbonyl (C=O) groups is 1. The third-order valence-corrected chi connectivity index (χ3v) is 8.39. The molecular formula is C30H37N3O3. The average Bonchev–Trinajstić information content (AvgIpc) is 3.10. The third-order valence-electron chi connectivity index (χ3n) is 8.39. The first-order chi connectivity index (χ1) is 17.7. The van der Waals surface area contributed by atoms with Gasteiger partial charge in [0, 0.05) is 29.6 Å². The Morgan fingerprint density at radius 2 is 1.81 bits per heavy atom. The highest BCUT2D eigenvalue weighted by Gasteiger charge is 2.30. The molecule has 1 aliphatic carbocycles. The van der Waals surface area contributed by atoms with E-state index in [-0.39, 0.29) is 0 Å². The fourth-order valence-corrected chi connectivity index (χ4v) is 6.63. The Labute approximate surface area is 213 Å². The number of carboxylic acid groups (broad SMARTS) is 1. The molecule has 2 aromatic carbocycles. The van der Waals surface area contributed by atoms with E-state index in [1.807, 2.05) is 12.1 Å². The van der Waals surface area contributed by atoms with E-state index in [1.54, 1.807) is 6.07 Å². The van der Waals surface area contributed by atoms with Crippen molar-refractivity contribution in [1.82, 2.24) is 9.47 Å². The summed E-state index contributed by atoms with van der Waals surface area (Å²) in [6, 6.07) is 12.1. The van der Waals surface area contributed by atoms with E-state index in [0.717, 1.165) is 35.6 Å². The van der Waals surface area contributed by atoms with Crippen LogP contribution in [0.2, 0.25) is 0 Å². The number of hydrogen-bond donors (Lipinski definition) is 2. The maximum atomic E-state index is 11.8. The van der Waals surface area contributed by atoms with Crippen molar-refractivity contribution in [3.63, 3.8) is 0 Å². The molecule has 3 aliphatic rings. The number of para-hydroxylation sites is 1. The molecule has 3 aromatic rings. The van der Waals surface area contributed by atoms with E-state index in [2.05, 4.69) is 33.0 Å². The number of aromatic nitrogens is 1. The van der Waals surface area contributed by atoms with E-state index in [0.29, 0.717) is 24.6 Å². The number of nitrogens with one attached hydrogen (secondary N) is 1. The van der Waals surface area contributed by atoms with E-state index >= 15 is 0 Å². The van der Waals surface area contributed by atoms with Crippen molar-refractivity contribution >= 4 is 22.6 Å². The van der Waals surface area contributed by atoms with Crippen molar-refractivity contribution in [1.29, 1.82) is 0 Å². The van der Waals surface area contributed by atoms with Crippen LogP contribution in [0.15, 0.2) is 36.4 Å². The van der Waals surface area contributed by atoms with Gasteiger partial charge in [0.05, 0.1) is 23.5 Å². The fourth-order valence-electron chi connectivity index (χ4n) is 6.63. The molecule has 2 N–H and O–H groups in total. The van der Waals surface area contributed by atoms with E-state index in [1.165, 1.54) is 81.1 Å². The number of rotatable bonds is 6. The Balaban J connectivity index is 1.42. The van der Waals surface area contributed by atoms with Crippen molar-refractivity contribution in [3.8, 4) is 17.0 Å². The predicted octanol–water partition coefficient (Wildman–Crippen LogP) is 6.34.